The minimum atomic E-state index is -0.490. The van der Waals surface area contributed by atoms with Crippen molar-refractivity contribution < 1.29 is 9.53 Å². The molecule has 82 valence electrons. The first kappa shape index (κ1) is 11.5. The van der Waals surface area contributed by atoms with Crippen molar-refractivity contribution in [2.24, 2.45) is 0 Å². The third-order valence-electron chi connectivity index (χ3n) is 2.98. The van der Waals surface area contributed by atoms with Crippen molar-refractivity contribution in [2.45, 2.75) is 19.4 Å². The maximum absolute atomic E-state index is 11.5. The molecule has 4 heteroatoms. The first-order valence-electron chi connectivity index (χ1n) is 5.00. The first-order chi connectivity index (χ1) is 6.48. The van der Waals surface area contributed by atoms with E-state index in [9.17, 15) is 4.79 Å². The number of nitrogens with zero attached hydrogens (tertiary/aromatic N) is 2. The predicted molar refractivity (Wildman–Crippen MR) is 55.2 cm³/mol. The van der Waals surface area contributed by atoms with Crippen LogP contribution in [-0.4, -0.2) is 61.6 Å². The summed E-state index contributed by atoms with van der Waals surface area (Å²) in [7, 11) is 3.54. The van der Waals surface area contributed by atoms with Crippen molar-refractivity contribution in [3.63, 3.8) is 0 Å². The van der Waals surface area contributed by atoms with Crippen LogP contribution in [-0.2, 0) is 9.53 Å². The highest BCUT2D eigenvalue weighted by molar-refractivity contribution is 5.79. The molecule has 0 aromatic carbocycles. The molecule has 1 heterocycles. The van der Waals surface area contributed by atoms with Crippen LogP contribution in [0.4, 0.5) is 0 Å². The zero-order chi connectivity index (χ0) is 10.8. The zero-order valence-corrected chi connectivity index (χ0v) is 9.54. The molecule has 14 heavy (non-hydrogen) atoms. The van der Waals surface area contributed by atoms with E-state index in [0.29, 0.717) is 0 Å². The lowest BCUT2D eigenvalue weighted by Crippen LogP contribution is -2.57. The van der Waals surface area contributed by atoms with Crippen LogP contribution in [0.5, 0.6) is 0 Å². The van der Waals surface area contributed by atoms with Crippen LogP contribution in [0.25, 0.3) is 0 Å². The summed E-state index contributed by atoms with van der Waals surface area (Å²) in [5.74, 6) is -0.151. The lowest BCUT2D eigenvalue weighted by atomic mass is 10.0. The Balaban J connectivity index is 2.59. The van der Waals surface area contributed by atoms with E-state index in [1.807, 2.05) is 13.8 Å². The van der Waals surface area contributed by atoms with Gasteiger partial charge in [0.25, 0.3) is 0 Å². The molecule has 1 saturated heterocycles. The van der Waals surface area contributed by atoms with E-state index in [2.05, 4.69) is 16.8 Å². The van der Waals surface area contributed by atoms with Gasteiger partial charge in [0.05, 0.1) is 7.11 Å². The van der Waals surface area contributed by atoms with Gasteiger partial charge in [0.2, 0.25) is 0 Å². The Kier molecular flexibility index (Phi) is 3.50. The number of methoxy groups -OCH3 is 1. The molecular weight excluding hydrogens is 180 g/mol. The average molecular weight is 200 g/mol. The molecule has 1 aliphatic heterocycles. The number of hydrogen-bond donors (Lipinski definition) is 0. The van der Waals surface area contributed by atoms with Crippen LogP contribution < -0.4 is 0 Å². The van der Waals surface area contributed by atoms with Crippen LogP contribution in [0.15, 0.2) is 0 Å². The lowest BCUT2D eigenvalue weighted by Gasteiger charge is -2.41. The zero-order valence-electron chi connectivity index (χ0n) is 9.54. The molecule has 0 aliphatic carbocycles. The third kappa shape index (κ3) is 2.25. The average Bonchev–Trinajstić information content (AvgIpc) is 2.17. The summed E-state index contributed by atoms with van der Waals surface area (Å²) in [6.07, 6.45) is 0. The van der Waals surface area contributed by atoms with E-state index in [-0.39, 0.29) is 5.97 Å². The van der Waals surface area contributed by atoms with Crippen LogP contribution >= 0.6 is 0 Å². The molecule has 1 rings (SSSR count). The summed E-state index contributed by atoms with van der Waals surface area (Å²) in [5, 5.41) is 0. The van der Waals surface area contributed by atoms with Gasteiger partial charge >= 0.3 is 5.97 Å². The monoisotopic (exact) mass is 200 g/mol. The van der Waals surface area contributed by atoms with E-state index >= 15 is 0 Å². The summed E-state index contributed by atoms with van der Waals surface area (Å²) in [5.41, 5.74) is -0.490. The molecule has 4 nitrogen and oxygen atoms in total. The Morgan fingerprint density at radius 1 is 1.21 bits per heavy atom. The van der Waals surface area contributed by atoms with Crippen molar-refractivity contribution in [3.05, 3.63) is 0 Å². The van der Waals surface area contributed by atoms with Crippen molar-refractivity contribution in [3.8, 4) is 0 Å². The second-order valence-corrected chi connectivity index (χ2v) is 4.34. The highest BCUT2D eigenvalue weighted by Crippen LogP contribution is 2.17. The summed E-state index contributed by atoms with van der Waals surface area (Å²) in [6.45, 7) is 7.73. The van der Waals surface area contributed by atoms with Crippen LogP contribution in [0, 0.1) is 0 Å². The molecule has 0 bridgehead atoms. The molecule has 0 aromatic rings. The highest BCUT2D eigenvalue weighted by Gasteiger charge is 2.36. The van der Waals surface area contributed by atoms with Gasteiger partial charge in [-0.3, -0.25) is 9.69 Å². The standard InChI is InChI=1S/C10H20N2O2/c1-10(2,9(13)14-4)12-7-5-11(3)6-8-12/h5-8H2,1-4H3. The van der Waals surface area contributed by atoms with Gasteiger partial charge in [-0.15, -0.1) is 0 Å². The quantitative estimate of drug-likeness (QED) is 0.596. The summed E-state index contributed by atoms with van der Waals surface area (Å²) in [4.78, 5) is 16.0. The van der Waals surface area contributed by atoms with Gasteiger partial charge in [-0.2, -0.15) is 0 Å². The van der Waals surface area contributed by atoms with E-state index in [4.69, 9.17) is 4.74 Å². The Labute approximate surface area is 85.8 Å². The second-order valence-electron chi connectivity index (χ2n) is 4.34. The minimum absolute atomic E-state index is 0.151. The number of esters is 1. The number of hydrogen-bond acceptors (Lipinski definition) is 4. The minimum Gasteiger partial charge on any atom is -0.468 e. The fourth-order valence-corrected chi connectivity index (χ4v) is 1.74. The van der Waals surface area contributed by atoms with Crippen molar-refractivity contribution in [2.75, 3.05) is 40.3 Å². The van der Waals surface area contributed by atoms with E-state index in [1.165, 1.54) is 7.11 Å². The van der Waals surface area contributed by atoms with Gasteiger partial charge in [-0.25, -0.2) is 0 Å². The molecule has 0 aromatic heterocycles. The Hall–Kier alpha value is -0.610. The van der Waals surface area contributed by atoms with Crippen LogP contribution in [0.3, 0.4) is 0 Å². The summed E-state index contributed by atoms with van der Waals surface area (Å²) >= 11 is 0. The Morgan fingerprint density at radius 3 is 2.14 bits per heavy atom. The SMILES string of the molecule is COC(=O)C(C)(C)N1CCN(C)CC1. The van der Waals surface area contributed by atoms with Gasteiger partial charge in [-0.05, 0) is 20.9 Å². The second kappa shape index (κ2) is 4.28. The number of likely N-dealkylation sites (N-methyl/N-ethyl adjacent to an activating group) is 1. The Bertz CT molecular complexity index is 208. The van der Waals surface area contributed by atoms with E-state index in [1.54, 1.807) is 0 Å². The van der Waals surface area contributed by atoms with Gasteiger partial charge < -0.3 is 9.64 Å². The van der Waals surface area contributed by atoms with E-state index in [0.717, 1.165) is 26.2 Å². The topological polar surface area (TPSA) is 32.8 Å². The number of carbonyl (C=O) groups excluding carboxylic acids is 1. The van der Waals surface area contributed by atoms with Gasteiger partial charge in [0, 0.05) is 26.2 Å². The molecule has 0 radical (unpaired) electrons. The predicted octanol–water partition coefficient (Wildman–Crippen LogP) is 0.185. The molecule has 0 saturated carbocycles. The van der Waals surface area contributed by atoms with Crippen molar-refractivity contribution >= 4 is 5.97 Å². The van der Waals surface area contributed by atoms with Gasteiger partial charge in [0.1, 0.15) is 5.54 Å². The first-order valence-corrected chi connectivity index (χ1v) is 5.00. The lowest BCUT2D eigenvalue weighted by molar-refractivity contribution is -0.154. The van der Waals surface area contributed by atoms with Crippen molar-refractivity contribution in [1.82, 2.24) is 9.80 Å². The van der Waals surface area contributed by atoms with Crippen LogP contribution in [0.1, 0.15) is 13.8 Å². The fraction of sp³-hybridized carbons (Fsp3) is 0.900. The molecule has 1 fully saturated rings. The van der Waals surface area contributed by atoms with Gasteiger partial charge in [-0.1, -0.05) is 0 Å². The summed E-state index contributed by atoms with van der Waals surface area (Å²) in [6, 6.07) is 0. The number of rotatable bonds is 2. The number of carbonyl (C=O) groups is 1. The normalized spacial score (nSPS) is 20.9. The Morgan fingerprint density at radius 2 is 1.71 bits per heavy atom. The fourth-order valence-electron chi connectivity index (χ4n) is 1.74. The van der Waals surface area contributed by atoms with Gasteiger partial charge in [0.15, 0.2) is 0 Å². The molecule has 0 amide bonds. The number of piperazine rings is 1. The molecule has 0 spiro atoms. The largest absolute Gasteiger partial charge is 0.468 e. The highest BCUT2D eigenvalue weighted by atomic mass is 16.5. The van der Waals surface area contributed by atoms with Crippen LogP contribution in [0.2, 0.25) is 0 Å². The molecular formula is C10H20N2O2. The molecule has 0 atom stereocenters. The molecule has 0 unspecified atom stereocenters. The maximum atomic E-state index is 11.5. The smallest absolute Gasteiger partial charge is 0.325 e. The molecule has 1 aliphatic rings. The third-order valence-corrected chi connectivity index (χ3v) is 2.98. The van der Waals surface area contributed by atoms with Crippen molar-refractivity contribution in [1.29, 1.82) is 0 Å². The summed E-state index contributed by atoms with van der Waals surface area (Å²) < 4.78 is 4.80. The van der Waals surface area contributed by atoms with E-state index < -0.39 is 5.54 Å². The maximum Gasteiger partial charge on any atom is 0.325 e. The molecule has 0 N–H and O–H groups in total. The number of ether oxygens (including phenoxy) is 1.